The van der Waals surface area contributed by atoms with E-state index in [9.17, 15) is 17.6 Å². The van der Waals surface area contributed by atoms with Crippen LogP contribution in [0.2, 0.25) is 0 Å². The molecule has 8 aromatic rings. The molecule has 0 spiro atoms. The molecule has 0 aliphatic carbocycles. The van der Waals surface area contributed by atoms with Crippen LogP contribution in [0.15, 0.2) is 172 Å². The third kappa shape index (κ3) is 17.3. The van der Waals surface area contributed by atoms with Crippen LogP contribution in [-0.4, -0.2) is 46.7 Å². The minimum Gasteiger partial charge on any atom is -0.423 e. The Kier molecular flexibility index (Phi) is 20.7. The summed E-state index contributed by atoms with van der Waals surface area (Å²) in [5, 5.41) is 25.6. The second-order valence-corrected chi connectivity index (χ2v) is 15.9. The largest absolute Gasteiger partial charge is 0.488 e. The molecular weight excluding hydrogens is 1050 g/mol. The lowest BCUT2D eigenvalue weighted by Gasteiger charge is -2.07. The fraction of sp³-hybridized carbons (Fsp3) is 0.0909. The van der Waals surface area contributed by atoms with Crippen molar-refractivity contribution in [3.05, 3.63) is 218 Å². The van der Waals surface area contributed by atoms with Crippen molar-refractivity contribution in [1.29, 1.82) is 0 Å². The number of benzene rings is 6. The molecule has 0 aliphatic rings. The molecule has 0 saturated heterocycles. The number of aryl methyl sites for hydroxylation is 1. The number of rotatable bonds is 7. The molecule has 2 N–H and O–H groups in total. The highest BCUT2D eigenvalue weighted by Gasteiger charge is 2.08. The smallest absolute Gasteiger partial charge is 0.423 e. The third-order valence-corrected chi connectivity index (χ3v) is 10.2. The van der Waals surface area contributed by atoms with Crippen molar-refractivity contribution >= 4 is 76.3 Å². The van der Waals surface area contributed by atoms with Gasteiger partial charge in [-0.3, -0.25) is 0 Å². The molecular formula is C44H37BBr4F4N6O2. The maximum absolute atomic E-state index is 13.8. The summed E-state index contributed by atoms with van der Waals surface area (Å²) in [4.78, 5) is 7.65. The second-order valence-electron chi connectivity index (χ2n) is 12.6. The highest BCUT2D eigenvalue weighted by atomic mass is 79.9. The normalized spacial score (nSPS) is 10.1. The fourth-order valence-electron chi connectivity index (χ4n) is 5.03. The van der Waals surface area contributed by atoms with Crippen molar-refractivity contribution in [1.82, 2.24) is 29.5 Å². The average molecular weight is 1090 g/mol. The van der Waals surface area contributed by atoms with E-state index in [0.29, 0.717) is 46.1 Å². The first-order chi connectivity index (χ1) is 29.3. The summed E-state index contributed by atoms with van der Waals surface area (Å²) in [6, 6.07) is 38.3. The zero-order chi connectivity index (χ0) is 44.1. The summed E-state index contributed by atoms with van der Waals surface area (Å²) in [5.74, 6) is -0.780. The van der Waals surface area contributed by atoms with E-state index >= 15 is 0 Å². The molecule has 61 heavy (non-hydrogen) atoms. The number of aromatic nitrogens is 6. The topological polar surface area (TPSA) is 102 Å². The minimum absolute atomic E-state index is 0.154. The lowest BCUT2D eigenvalue weighted by atomic mass is 9.81. The molecule has 0 aliphatic heterocycles. The Labute approximate surface area is 385 Å². The standard InChI is InChI=1S/C15H12FN3.C9H7BrFN3.C7H5Br2F.C7H6BrF.C6H7BO2/c16-15-7-6-13(12-4-2-1-3-5-12)8-14(15)9-19-11-17-10-18-19;10-8-1-2-9(11)7(3-8)4-14-6-12-5-13-14;8-4-5-3-6(9)1-2-7(5)10;1-5-4-6(8)2-3-7(5)9;8-7(9)6-4-2-1-3-5-6/h1-8,10-11H,9H2;1-3,5-6H,4H2;1-3H,4H2;2-4H,1H3;1-5,8-9H. The van der Waals surface area contributed by atoms with Gasteiger partial charge in [-0.2, -0.15) is 10.2 Å². The molecule has 0 fully saturated rings. The van der Waals surface area contributed by atoms with Crippen LogP contribution in [0.1, 0.15) is 22.3 Å². The predicted molar refractivity (Wildman–Crippen MR) is 246 cm³/mol. The van der Waals surface area contributed by atoms with Crippen LogP contribution in [0.4, 0.5) is 17.6 Å². The van der Waals surface area contributed by atoms with Gasteiger partial charge in [0.15, 0.2) is 0 Å². The van der Waals surface area contributed by atoms with Gasteiger partial charge in [-0.1, -0.05) is 130 Å². The van der Waals surface area contributed by atoms with Gasteiger partial charge in [0, 0.05) is 29.9 Å². The molecule has 0 unspecified atom stereocenters. The summed E-state index contributed by atoms with van der Waals surface area (Å²) in [5.41, 5.74) is 5.13. The number of halogens is 8. The van der Waals surface area contributed by atoms with Crippen LogP contribution in [0, 0.1) is 30.2 Å². The number of hydrogen-bond acceptors (Lipinski definition) is 6. The molecule has 8 nitrogen and oxygen atoms in total. The third-order valence-electron chi connectivity index (χ3n) is 8.13. The number of hydrogen-bond donors (Lipinski definition) is 2. The quantitative estimate of drug-likeness (QED) is 0.0937. The molecule has 0 amide bonds. The maximum Gasteiger partial charge on any atom is 0.488 e. The van der Waals surface area contributed by atoms with Crippen molar-refractivity contribution in [3.8, 4) is 11.1 Å². The minimum atomic E-state index is -1.34. The summed E-state index contributed by atoms with van der Waals surface area (Å²) in [6.07, 6.45) is 6.00. The van der Waals surface area contributed by atoms with E-state index in [4.69, 9.17) is 10.0 Å². The van der Waals surface area contributed by atoms with Crippen molar-refractivity contribution in [2.24, 2.45) is 0 Å². The van der Waals surface area contributed by atoms with E-state index in [2.05, 4.69) is 83.9 Å². The van der Waals surface area contributed by atoms with E-state index in [1.807, 2.05) is 42.5 Å². The van der Waals surface area contributed by atoms with E-state index in [1.165, 1.54) is 36.9 Å². The summed E-state index contributed by atoms with van der Waals surface area (Å²) in [7, 11) is -1.34. The average Bonchev–Trinajstić information content (AvgIpc) is 3.99. The van der Waals surface area contributed by atoms with E-state index in [-0.39, 0.29) is 23.3 Å². The van der Waals surface area contributed by atoms with Gasteiger partial charge in [0.1, 0.15) is 48.6 Å². The molecule has 2 heterocycles. The molecule has 6 aromatic carbocycles. The van der Waals surface area contributed by atoms with Gasteiger partial charge < -0.3 is 10.0 Å². The van der Waals surface area contributed by atoms with Gasteiger partial charge in [0.05, 0.1) is 13.1 Å². The Morgan fingerprint density at radius 1 is 0.525 bits per heavy atom. The first kappa shape index (κ1) is 48.9. The van der Waals surface area contributed by atoms with Crippen molar-refractivity contribution in [3.63, 3.8) is 0 Å². The van der Waals surface area contributed by atoms with Crippen molar-refractivity contribution in [2.45, 2.75) is 25.3 Å². The maximum atomic E-state index is 13.8. The predicted octanol–water partition coefficient (Wildman–Crippen LogP) is 11.1. The fourth-order valence-corrected chi connectivity index (χ4v) is 6.75. The molecule has 0 radical (unpaired) electrons. The van der Waals surface area contributed by atoms with E-state index in [0.717, 1.165) is 24.5 Å². The second kappa shape index (κ2) is 25.9. The molecule has 0 atom stereocenters. The number of nitrogens with zero attached hydrogens (tertiary/aromatic N) is 6. The lowest BCUT2D eigenvalue weighted by molar-refractivity contribution is 0.426. The Bertz CT molecular complexity index is 2510. The van der Waals surface area contributed by atoms with Crippen LogP contribution in [-0.2, 0) is 18.4 Å². The summed E-state index contributed by atoms with van der Waals surface area (Å²) in [6.45, 7) is 2.51. The monoisotopic (exact) mass is 1080 g/mol. The van der Waals surface area contributed by atoms with Crippen molar-refractivity contribution < 1.29 is 27.6 Å². The van der Waals surface area contributed by atoms with Crippen LogP contribution >= 0.6 is 63.7 Å². The summed E-state index contributed by atoms with van der Waals surface area (Å²) < 4.78 is 58.1. The van der Waals surface area contributed by atoms with E-state index in [1.54, 1.807) is 95.7 Å². The molecule has 0 saturated carbocycles. The molecule has 2 aromatic heterocycles. The van der Waals surface area contributed by atoms with Crippen molar-refractivity contribution in [2.75, 3.05) is 0 Å². The van der Waals surface area contributed by atoms with Crippen LogP contribution in [0.5, 0.6) is 0 Å². The van der Waals surface area contributed by atoms with Gasteiger partial charge in [0.2, 0.25) is 0 Å². The zero-order valence-electron chi connectivity index (χ0n) is 32.3. The Hall–Kier alpha value is -4.78. The summed E-state index contributed by atoms with van der Waals surface area (Å²) >= 11 is 12.9. The van der Waals surface area contributed by atoms with Crippen LogP contribution < -0.4 is 5.46 Å². The molecule has 0 bridgehead atoms. The van der Waals surface area contributed by atoms with Gasteiger partial charge in [0.25, 0.3) is 0 Å². The Balaban J connectivity index is 0.000000174. The van der Waals surface area contributed by atoms with Gasteiger partial charge >= 0.3 is 7.12 Å². The van der Waals surface area contributed by atoms with Crippen LogP contribution in [0.3, 0.4) is 0 Å². The first-order valence-electron chi connectivity index (χ1n) is 18.1. The SMILES string of the molecule is Cc1cc(Br)ccc1F.Fc1ccc(-c2ccccc2)cc1Cn1cncn1.Fc1ccc(Br)cc1CBr.Fc1ccc(Br)cc1Cn1cncn1.OB(O)c1ccccc1. The molecule has 314 valence electrons. The molecule has 8 rings (SSSR count). The van der Waals surface area contributed by atoms with Crippen LogP contribution in [0.25, 0.3) is 11.1 Å². The highest BCUT2D eigenvalue weighted by Crippen LogP contribution is 2.23. The van der Waals surface area contributed by atoms with Gasteiger partial charge in [-0.15, -0.1) is 0 Å². The van der Waals surface area contributed by atoms with Gasteiger partial charge in [-0.25, -0.2) is 36.9 Å². The lowest BCUT2D eigenvalue weighted by Crippen LogP contribution is -2.29. The van der Waals surface area contributed by atoms with E-state index < -0.39 is 7.12 Å². The first-order valence-corrected chi connectivity index (χ1v) is 21.6. The van der Waals surface area contributed by atoms with Gasteiger partial charge in [-0.05, 0) is 101 Å². The zero-order valence-corrected chi connectivity index (χ0v) is 38.7. The Morgan fingerprint density at radius 3 is 1.39 bits per heavy atom. The number of alkyl halides is 1. The molecule has 17 heteroatoms. The Morgan fingerprint density at radius 2 is 0.967 bits per heavy atom. The highest BCUT2D eigenvalue weighted by molar-refractivity contribution is 9.11.